The summed E-state index contributed by atoms with van der Waals surface area (Å²) in [6.45, 7) is 9.62. The number of hydrogen-bond acceptors (Lipinski definition) is 7. The molecule has 0 spiro atoms. The fourth-order valence-electron chi connectivity index (χ4n) is 4.67. The normalized spacial score (nSPS) is 15.3. The van der Waals surface area contributed by atoms with Gasteiger partial charge in [0.1, 0.15) is 16.8 Å². The maximum Gasteiger partial charge on any atom is 0.235 e. The third kappa shape index (κ3) is 5.30. The molecule has 4 rings (SSSR count). The first-order valence-electron chi connectivity index (χ1n) is 12.4. The van der Waals surface area contributed by atoms with Crippen LogP contribution in [0.3, 0.4) is 0 Å². The minimum Gasteiger partial charge on any atom is -0.497 e. The Hall–Kier alpha value is -2.83. The first kappa shape index (κ1) is 26.2. The second kappa shape index (κ2) is 11.1. The summed E-state index contributed by atoms with van der Waals surface area (Å²) in [5.74, 6) is 2.19. The predicted molar refractivity (Wildman–Crippen MR) is 146 cm³/mol. The van der Waals surface area contributed by atoms with Crippen LogP contribution < -0.4 is 10.1 Å². The predicted octanol–water partition coefficient (Wildman–Crippen LogP) is 6.18. The van der Waals surface area contributed by atoms with E-state index in [2.05, 4.69) is 42.4 Å². The number of carbonyl (C=O) groups is 1. The highest BCUT2D eigenvalue weighted by Crippen LogP contribution is 2.45. The fraction of sp³-hybridized carbons (Fsp3) is 0.481. The van der Waals surface area contributed by atoms with E-state index in [4.69, 9.17) is 4.74 Å². The second-order valence-corrected chi connectivity index (χ2v) is 11.8. The number of anilines is 1. The third-order valence-electron chi connectivity index (χ3n) is 7.36. The highest BCUT2D eigenvalue weighted by molar-refractivity contribution is 7.99. The molecule has 0 bridgehead atoms. The quantitative estimate of drug-likeness (QED) is 0.337. The number of benzene rings is 1. The molecule has 9 heteroatoms. The van der Waals surface area contributed by atoms with Crippen LogP contribution in [-0.2, 0) is 24.2 Å². The van der Waals surface area contributed by atoms with E-state index in [0.717, 1.165) is 48.4 Å². The van der Waals surface area contributed by atoms with Crippen molar-refractivity contribution in [2.75, 3.05) is 18.2 Å². The molecule has 1 atom stereocenters. The Balaban J connectivity index is 1.44. The van der Waals surface area contributed by atoms with Crippen molar-refractivity contribution >= 4 is 34.0 Å². The number of nitriles is 1. The molecule has 1 amide bonds. The SMILES string of the molecule is CCn1c(SCC(=O)Nc2sc3c(c2C#N)CCC(C(C)(C)CC)C3)nnc1-c1ccc(OC)cc1. The monoisotopic (exact) mass is 523 g/mol. The lowest BCUT2D eigenvalue weighted by Gasteiger charge is -2.36. The average Bonchev–Trinajstić information content (AvgIpc) is 3.47. The lowest BCUT2D eigenvalue weighted by molar-refractivity contribution is -0.113. The summed E-state index contributed by atoms with van der Waals surface area (Å²) >= 11 is 2.92. The van der Waals surface area contributed by atoms with Crippen LogP contribution in [0.2, 0.25) is 0 Å². The number of nitrogens with one attached hydrogen (secondary N) is 1. The highest BCUT2D eigenvalue weighted by atomic mass is 32.2. The molecule has 7 nitrogen and oxygen atoms in total. The molecule has 2 aromatic heterocycles. The van der Waals surface area contributed by atoms with Gasteiger partial charge in [0.15, 0.2) is 11.0 Å². The lowest BCUT2D eigenvalue weighted by Crippen LogP contribution is -2.28. The minimum atomic E-state index is -0.141. The number of hydrogen-bond donors (Lipinski definition) is 1. The summed E-state index contributed by atoms with van der Waals surface area (Å²) < 4.78 is 7.24. The van der Waals surface area contributed by atoms with Gasteiger partial charge >= 0.3 is 0 Å². The number of fused-ring (bicyclic) bond motifs is 1. The van der Waals surface area contributed by atoms with Crippen LogP contribution in [0.15, 0.2) is 29.4 Å². The van der Waals surface area contributed by atoms with Gasteiger partial charge in [-0.15, -0.1) is 21.5 Å². The van der Waals surface area contributed by atoms with Crippen molar-refractivity contribution in [1.82, 2.24) is 14.8 Å². The zero-order valence-corrected chi connectivity index (χ0v) is 23.2. The van der Waals surface area contributed by atoms with Gasteiger partial charge in [-0.25, -0.2) is 0 Å². The molecule has 1 aliphatic rings. The first-order valence-corrected chi connectivity index (χ1v) is 14.2. The Labute approximate surface area is 221 Å². The molecule has 0 saturated heterocycles. The van der Waals surface area contributed by atoms with Crippen molar-refractivity contribution in [3.63, 3.8) is 0 Å². The summed E-state index contributed by atoms with van der Waals surface area (Å²) in [5.41, 5.74) is 2.98. The van der Waals surface area contributed by atoms with Gasteiger partial charge in [0.25, 0.3) is 0 Å². The molecule has 0 fully saturated rings. The van der Waals surface area contributed by atoms with Crippen LogP contribution in [0.1, 0.15) is 56.5 Å². The Bertz CT molecular complexity index is 1270. The number of amides is 1. The first-order chi connectivity index (χ1) is 17.3. The van der Waals surface area contributed by atoms with Gasteiger partial charge in [-0.1, -0.05) is 39.0 Å². The van der Waals surface area contributed by atoms with Gasteiger partial charge in [-0.05, 0) is 67.3 Å². The van der Waals surface area contributed by atoms with Crippen LogP contribution in [0, 0.1) is 22.7 Å². The Kier molecular flexibility index (Phi) is 8.06. The van der Waals surface area contributed by atoms with E-state index >= 15 is 0 Å². The van der Waals surface area contributed by atoms with Crippen LogP contribution in [0.4, 0.5) is 5.00 Å². The van der Waals surface area contributed by atoms with Gasteiger partial charge in [-0.2, -0.15) is 5.26 Å². The Morgan fingerprint density at radius 3 is 2.69 bits per heavy atom. The zero-order chi connectivity index (χ0) is 25.9. The van der Waals surface area contributed by atoms with Crippen LogP contribution in [0.5, 0.6) is 5.75 Å². The molecular weight excluding hydrogens is 490 g/mol. The molecule has 1 aliphatic carbocycles. The number of aromatic nitrogens is 3. The third-order valence-corrected chi connectivity index (χ3v) is 9.50. The summed E-state index contributed by atoms with van der Waals surface area (Å²) in [7, 11) is 1.64. The maximum atomic E-state index is 12.9. The molecule has 36 heavy (non-hydrogen) atoms. The second-order valence-electron chi connectivity index (χ2n) is 9.72. The molecule has 0 aliphatic heterocycles. The number of ether oxygens (including phenoxy) is 1. The van der Waals surface area contributed by atoms with Crippen molar-refractivity contribution in [2.45, 2.75) is 65.1 Å². The van der Waals surface area contributed by atoms with Crippen molar-refractivity contribution in [3.05, 3.63) is 40.3 Å². The lowest BCUT2D eigenvalue weighted by atomic mass is 9.69. The molecule has 1 N–H and O–H groups in total. The number of carbonyl (C=O) groups excluding carboxylic acids is 1. The molecule has 0 saturated carbocycles. The Morgan fingerprint density at radius 1 is 1.31 bits per heavy atom. The van der Waals surface area contributed by atoms with Crippen molar-refractivity contribution in [2.24, 2.45) is 11.3 Å². The van der Waals surface area contributed by atoms with Crippen molar-refractivity contribution < 1.29 is 9.53 Å². The van der Waals surface area contributed by atoms with E-state index in [1.165, 1.54) is 16.6 Å². The topological polar surface area (TPSA) is 92.8 Å². The summed E-state index contributed by atoms with van der Waals surface area (Å²) in [6.07, 6.45) is 4.10. The largest absolute Gasteiger partial charge is 0.497 e. The summed E-state index contributed by atoms with van der Waals surface area (Å²) in [4.78, 5) is 14.1. The standard InChI is InChI=1S/C27H33N5O2S2/c1-6-27(3,4)18-10-13-20-21(15-28)25(36-22(20)14-18)29-23(33)16-35-26-31-30-24(32(26)7-2)17-8-11-19(34-5)12-9-17/h8-9,11-12,18H,6-7,10,13-14,16H2,1-5H3,(H,29,33). The Morgan fingerprint density at radius 2 is 2.06 bits per heavy atom. The van der Waals surface area contributed by atoms with Crippen LogP contribution >= 0.6 is 23.1 Å². The fourth-order valence-corrected chi connectivity index (χ4v) is 6.77. The minimum absolute atomic E-state index is 0.141. The van der Waals surface area contributed by atoms with Gasteiger partial charge in [0.05, 0.1) is 18.4 Å². The number of nitrogens with zero attached hydrogens (tertiary/aromatic N) is 4. The molecule has 190 valence electrons. The van der Waals surface area contributed by atoms with Gasteiger partial charge in [0, 0.05) is 17.0 Å². The van der Waals surface area contributed by atoms with Gasteiger partial charge in [-0.3, -0.25) is 4.79 Å². The maximum absolute atomic E-state index is 12.9. The van der Waals surface area contributed by atoms with Crippen LogP contribution in [0.25, 0.3) is 11.4 Å². The smallest absolute Gasteiger partial charge is 0.235 e. The molecule has 0 radical (unpaired) electrons. The van der Waals surface area contributed by atoms with E-state index in [1.807, 2.05) is 35.8 Å². The summed E-state index contributed by atoms with van der Waals surface area (Å²) in [5, 5.41) is 22.9. The number of thioether (sulfide) groups is 1. The summed E-state index contributed by atoms with van der Waals surface area (Å²) in [6, 6.07) is 10.0. The van der Waals surface area contributed by atoms with E-state index in [1.54, 1.807) is 18.4 Å². The average molecular weight is 524 g/mol. The number of rotatable bonds is 9. The van der Waals surface area contributed by atoms with Gasteiger partial charge < -0.3 is 14.6 Å². The highest BCUT2D eigenvalue weighted by Gasteiger charge is 2.34. The van der Waals surface area contributed by atoms with Crippen LogP contribution in [-0.4, -0.2) is 33.5 Å². The van der Waals surface area contributed by atoms with Gasteiger partial charge in [0.2, 0.25) is 5.91 Å². The van der Waals surface area contributed by atoms with E-state index in [-0.39, 0.29) is 17.1 Å². The molecular formula is C27H33N5O2S2. The zero-order valence-electron chi connectivity index (χ0n) is 21.6. The molecule has 3 aromatic rings. The molecule has 1 unspecified atom stereocenters. The number of thiophene rings is 1. The van der Waals surface area contributed by atoms with Crippen molar-refractivity contribution in [1.29, 1.82) is 5.26 Å². The van der Waals surface area contributed by atoms with E-state index < -0.39 is 0 Å². The van der Waals surface area contributed by atoms with E-state index in [9.17, 15) is 10.1 Å². The van der Waals surface area contributed by atoms with Crippen molar-refractivity contribution in [3.8, 4) is 23.2 Å². The molecule has 2 heterocycles. The number of methoxy groups -OCH3 is 1. The van der Waals surface area contributed by atoms with E-state index in [0.29, 0.717) is 28.2 Å². The molecule has 1 aromatic carbocycles.